The van der Waals surface area contributed by atoms with E-state index >= 15 is 0 Å². The second kappa shape index (κ2) is 10.6. The highest BCUT2D eigenvalue weighted by Crippen LogP contribution is 2.34. The van der Waals surface area contributed by atoms with Gasteiger partial charge < -0.3 is 15.0 Å². The molecule has 3 aliphatic rings. The molecule has 0 spiro atoms. The first-order valence-corrected chi connectivity index (χ1v) is 10.8. The summed E-state index contributed by atoms with van der Waals surface area (Å²) in [6.45, 7) is 12.6. The Bertz CT molecular complexity index is 425. The summed E-state index contributed by atoms with van der Waals surface area (Å²) in [4.78, 5) is 10.3. The molecule has 3 heterocycles. The first kappa shape index (κ1) is 21.6. The van der Waals surface area contributed by atoms with Crippen molar-refractivity contribution < 1.29 is 4.74 Å². The van der Waals surface area contributed by atoms with Gasteiger partial charge >= 0.3 is 0 Å². The standard InChI is InChI=1S/C18H34N4OS.HI/c1-3-19-17(21-7-4-5-16(2)13-21)20-14-18(6-12-24-15-18)22-8-10-23-11-9-22;/h16H,3-15H2,1-2H3,(H,19,20);1H. The van der Waals surface area contributed by atoms with Crippen LogP contribution in [-0.4, -0.2) is 85.3 Å². The van der Waals surface area contributed by atoms with Gasteiger partial charge in [-0.15, -0.1) is 24.0 Å². The lowest BCUT2D eigenvalue weighted by molar-refractivity contribution is -0.0105. The molecule has 0 aromatic carbocycles. The molecule has 2 atom stereocenters. The van der Waals surface area contributed by atoms with Gasteiger partial charge in [0.25, 0.3) is 0 Å². The average molecular weight is 482 g/mol. The van der Waals surface area contributed by atoms with E-state index in [1.54, 1.807) is 0 Å². The van der Waals surface area contributed by atoms with E-state index in [1.165, 1.54) is 30.8 Å². The molecule has 2 unspecified atom stereocenters. The number of morpholine rings is 1. The number of hydrogen-bond donors (Lipinski definition) is 1. The van der Waals surface area contributed by atoms with E-state index in [9.17, 15) is 0 Å². The zero-order chi connectivity index (χ0) is 16.8. The van der Waals surface area contributed by atoms with E-state index in [0.717, 1.165) is 64.4 Å². The van der Waals surface area contributed by atoms with Crippen molar-refractivity contribution in [1.82, 2.24) is 15.1 Å². The summed E-state index contributed by atoms with van der Waals surface area (Å²) in [5, 5.41) is 3.54. The molecule has 1 N–H and O–H groups in total. The highest BCUT2D eigenvalue weighted by Gasteiger charge is 2.40. The van der Waals surface area contributed by atoms with Gasteiger partial charge in [-0.25, -0.2) is 0 Å². The van der Waals surface area contributed by atoms with Gasteiger partial charge in [0, 0.05) is 38.5 Å². The molecule has 0 radical (unpaired) electrons. The molecule has 0 aromatic rings. The largest absolute Gasteiger partial charge is 0.379 e. The minimum atomic E-state index is 0. The van der Waals surface area contributed by atoms with Crippen molar-refractivity contribution in [3.05, 3.63) is 0 Å². The number of aliphatic imine (C=N–C) groups is 1. The van der Waals surface area contributed by atoms with Gasteiger partial charge in [0.05, 0.1) is 25.3 Å². The molecule has 3 rings (SSSR count). The van der Waals surface area contributed by atoms with Crippen LogP contribution in [0.5, 0.6) is 0 Å². The van der Waals surface area contributed by atoms with Crippen molar-refractivity contribution in [2.24, 2.45) is 10.9 Å². The van der Waals surface area contributed by atoms with Crippen LogP contribution >= 0.6 is 35.7 Å². The second-order valence-electron chi connectivity index (χ2n) is 7.49. The van der Waals surface area contributed by atoms with Crippen molar-refractivity contribution >= 4 is 41.7 Å². The van der Waals surface area contributed by atoms with E-state index in [-0.39, 0.29) is 29.5 Å². The van der Waals surface area contributed by atoms with Crippen molar-refractivity contribution in [3.8, 4) is 0 Å². The van der Waals surface area contributed by atoms with Crippen LogP contribution in [0.25, 0.3) is 0 Å². The molecule has 0 saturated carbocycles. The Labute approximate surface area is 174 Å². The molecule has 25 heavy (non-hydrogen) atoms. The molecule has 0 amide bonds. The van der Waals surface area contributed by atoms with E-state index in [1.807, 2.05) is 0 Å². The molecule has 7 heteroatoms. The number of hydrogen-bond acceptors (Lipinski definition) is 4. The Hall–Kier alpha value is 0.270. The Morgan fingerprint density at radius 3 is 2.76 bits per heavy atom. The van der Waals surface area contributed by atoms with Crippen LogP contribution in [-0.2, 0) is 4.74 Å². The van der Waals surface area contributed by atoms with Gasteiger partial charge in [0.15, 0.2) is 5.96 Å². The van der Waals surface area contributed by atoms with Crippen LogP contribution in [0.4, 0.5) is 0 Å². The number of nitrogens with zero attached hydrogens (tertiary/aromatic N) is 3. The lowest BCUT2D eigenvalue weighted by Crippen LogP contribution is -2.56. The molecule has 3 aliphatic heterocycles. The number of ether oxygens (including phenoxy) is 1. The summed E-state index contributed by atoms with van der Waals surface area (Å²) in [7, 11) is 0. The van der Waals surface area contributed by atoms with Gasteiger partial charge in [0.1, 0.15) is 0 Å². The number of piperidine rings is 1. The van der Waals surface area contributed by atoms with Gasteiger partial charge in [-0.1, -0.05) is 6.92 Å². The molecule has 0 aliphatic carbocycles. The third kappa shape index (κ3) is 5.62. The monoisotopic (exact) mass is 482 g/mol. The number of guanidine groups is 1. The molecule has 5 nitrogen and oxygen atoms in total. The average Bonchev–Trinajstić information content (AvgIpc) is 3.09. The third-order valence-corrected chi connectivity index (χ3v) is 6.81. The lowest BCUT2D eigenvalue weighted by atomic mass is 9.96. The molecule has 0 bridgehead atoms. The highest BCUT2D eigenvalue weighted by molar-refractivity contribution is 14.0. The minimum Gasteiger partial charge on any atom is -0.379 e. The first-order valence-electron chi connectivity index (χ1n) is 9.67. The summed E-state index contributed by atoms with van der Waals surface area (Å²) in [6.07, 6.45) is 3.90. The van der Waals surface area contributed by atoms with Gasteiger partial charge in [-0.05, 0) is 37.9 Å². The predicted octanol–water partition coefficient (Wildman–Crippen LogP) is 2.51. The van der Waals surface area contributed by atoms with E-state index in [4.69, 9.17) is 9.73 Å². The fraction of sp³-hybridized carbons (Fsp3) is 0.944. The van der Waals surface area contributed by atoms with Crippen LogP contribution in [0.15, 0.2) is 4.99 Å². The summed E-state index contributed by atoms with van der Waals surface area (Å²) < 4.78 is 5.57. The highest BCUT2D eigenvalue weighted by atomic mass is 127. The van der Waals surface area contributed by atoms with E-state index in [2.05, 4.69) is 40.7 Å². The lowest BCUT2D eigenvalue weighted by Gasteiger charge is -2.42. The second-order valence-corrected chi connectivity index (χ2v) is 8.60. The maximum atomic E-state index is 5.57. The van der Waals surface area contributed by atoms with Gasteiger partial charge in [-0.3, -0.25) is 9.89 Å². The van der Waals surface area contributed by atoms with Crippen molar-refractivity contribution in [3.63, 3.8) is 0 Å². The van der Waals surface area contributed by atoms with Crippen LogP contribution in [0.1, 0.15) is 33.1 Å². The SMILES string of the molecule is CCNC(=NCC1(N2CCOCC2)CCSC1)N1CCCC(C)C1.I. The first-order chi connectivity index (χ1) is 11.7. The molecule has 3 fully saturated rings. The zero-order valence-corrected chi connectivity index (χ0v) is 19.0. The molecule has 3 saturated heterocycles. The Morgan fingerprint density at radius 2 is 2.12 bits per heavy atom. The maximum absolute atomic E-state index is 5.57. The van der Waals surface area contributed by atoms with Crippen molar-refractivity contribution in [2.45, 2.75) is 38.6 Å². The number of nitrogens with one attached hydrogen (secondary N) is 1. The van der Waals surface area contributed by atoms with Gasteiger partial charge in [0.2, 0.25) is 0 Å². The fourth-order valence-electron chi connectivity index (χ4n) is 4.14. The summed E-state index contributed by atoms with van der Waals surface area (Å²) in [5.74, 6) is 4.39. The maximum Gasteiger partial charge on any atom is 0.193 e. The Balaban J connectivity index is 0.00000225. The Morgan fingerprint density at radius 1 is 1.32 bits per heavy atom. The Kier molecular flexibility index (Phi) is 9.11. The molecular formula is C18H35IN4OS. The molecule has 0 aromatic heterocycles. The topological polar surface area (TPSA) is 40.1 Å². The van der Waals surface area contributed by atoms with Crippen molar-refractivity contribution in [2.75, 3.05) is 64.0 Å². The fourth-order valence-corrected chi connectivity index (χ4v) is 5.60. The third-order valence-electron chi connectivity index (χ3n) is 5.58. The minimum absolute atomic E-state index is 0. The predicted molar refractivity (Wildman–Crippen MR) is 118 cm³/mol. The molecule has 146 valence electrons. The van der Waals surface area contributed by atoms with E-state index in [0.29, 0.717) is 0 Å². The van der Waals surface area contributed by atoms with Crippen LogP contribution < -0.4 is 5.32 Å². The summed E-state index contributed by atoms with van der Waals surface area (Å²) >= 11 is 2.09. The number of thioether (sulfide) groups is 1. The number of rotatable bonds is 4. The smallest absolute Gasteiger partial charge is 0.193 e. The molecular weight excluding hydrogens is 447 g/mol. The zero-order valence-electron chi connectivity index (χ0n) is 15.8. The van der Waals surface area contributed by atoms with Crippen LogP contribution in [0.2, 0.25) is 0 Å². The quantitative estimate of drug-likeness (QED) is 0.379. The van der Waals surface area contributed by atoms with Gasteiger partial charge in [-0.2, -0.15) is 11.8 Å². The number of likely N-dealkylation sites (tertiary alicyclic amines) is 1. The van der Waals surface area contributed by atoms with Crippen LogP contribution in [0, 0.1) is 5.92 Å². The van der Waals surface area contributed by atoms with E-state index < -0.39 is 0 Å². The van der Waals surface area contributed by atoms with Crippen molar-refractivity contribution in [1.29, 1.82) is 0 Å². The summed E-state index contributed by atoms with van der Waals surface area (Å²) in [5.41, 5.74) is 0.247. The summed E-state index contributed by atoms with van der Waals surface area (Å²) in [6, 6.07) is 0. The normalized spacial score (nSPS) is 31.7. The number of halogens is 1. The van der Waals surface area contributed by atoms with Crippen LogP contribution in [0.3, 0.4) is 0 Å².